The third-order valence-electron chi connectivity index (χ3n) is 2.36. The number of methoxy groups -OCH3 is 1. The molecular weight excluding hydrogens is 216 g/mol. The Bertz CT molecular complexity index is 301. The lowest BCUT2D eigenvalue weighted by molar-refractivity contribution is 0.188. The summed E-state index contributed by atoms with van der Waals surface area (Å²) >= 11 is 0. The van der Waals surface area contributed by atoms with Gasteiger partial charge in [-0.3, -0.25) is 4.98 Å². The highest BCUT2D eigenvalue weighted by Crippen LogP contribution is 2.10. The van der Waals surface area contributed by atoms with Crippen LogP contribution in [0.2, 0.25) is 0 Å². The predicted molar refractivity (Wildman–Crippen MR) is 68.4 cm³/mol. The predicted octanol–water partition coefficient (Wildman–Crippen LogP) is 1.78. The number of ether oxygens (including phenoxy) is 2. The summed E-state index contributed by atoms with van der Waals surface area (Å²) in [6, 6.07) is 3.90. The van der Waals surface area contributed by atoms with Gasteiger partial charge in [0.2, 0.25) is 0 Å². The van der Waals surface area contributed by atoms with Crippen molar-refractivity contribution < 1.29 is 9.47 Å². The zero-order chi connectivity index (χ0) is 12.5. The number of aromatic nitrogens is 1. The minimum atomic E-state index is 0.141. The number of pyridine rings is 1. The van der Waals surface area contributed by atoms with Crippen molar-refractivity contribution in [3.63, 3.8) is 0 Å². The molecule has 1 rings (SSSR count). The molecule has 96 valence electrons. The van der Waals surface area contributed by atoms with E-state index in [2.05, 4.69) is 10.3 Å². The van der Waals surface area contributed by atoms with E-state index in [-0.39, 0.29) is 6.10 Å². The van der Waals surface area contributed by atoms with Crippen LogP contribution in [0.15, 0.2) is 18.3 Å². The Morgan fingerprint density at radius 3 is 2.88 bits per heavy atom. The first kappa shape index (κ1) is 13.9. The van der Waals surface area contributed by atoms with Gasteiger partial charge in [-0.05, 0) is 38.9 Å². The van der Waals surface area contributed by atoms with Crippen molar-refractivity contribution in [1.82, 2.24) is 10.3 Å². The van der Waals surface area contributed by atoms with Gasteiger partial charge in [0.05, 0.1) is 6.20 Å². The average molecular weight is 238 g/mol. The first-order chi connectivity index (χ1) is 8.22. The van der Waals surface area contributed by atoms with E-state index in [1.165, 1.54) is 0 Å². The molecule has 0 spiro atoms. The maximum Gasteiger partial charge on any atom is 0.138 e. The van der Waals surface area contributed by atoms with Crippen LogP contribution < -0.4 is 10.1 Å². The third kappa shape index (κ3) is 6.24. The smallest absolute Gasteiger partial charge is 0.138 e. The molecule has 0 radical (unpaired) electrons. The molecule has 1 aromatic heterocycles. The number of hydrogen-bond acceptors (Lipinski definition) is 4. The lowest BCUT2D eigenvalue weighted by atomic mass is 10.3. The molecule has 1 heterocycles. The minimum absolute atomic E-state index is 0.141. The van der Waals surface area contributed by atoms with Crippen molar-refractivity contribution in [2.75, 3.05) is 26.8 Å². The molecule has 0 amide bonds. The topological polar surface area (TPSA) is 43.4 Å². The molecule has 0 aliphatic heterocycles. The minimum Gasteiger partial charge on any atom is -0.488 e. The zero-order valence-corrected chi connectivity index (χ0v) is 10.9. The van der Waals surface area contributed by atoms with Gasteiger partial charge in [0, 0.05) is 26.0 Å². The van der Waals surface area contributed by atoms with Crippen LogP contribution in [-0.2, 0) is 4.74 Å². The van der Waals surface area contributed by atoms with E-state index in [1.807, 2.05) is 26.0 Å². The van der Waals surface area contributed by atoms with Gasteiger partial charge in [0.25, 0.3) is 0 Å². The highest BCUT2D eigenvalue weighted by Gasteiger charge is 2.03. The number of aryl methyl sites for hydroxylation is 1. The number of nitrogens with one attached hydrogen (secondary N) is 1. The molecule has 4 heteroatoms. The van der Waals surface area contributed by atoms with Gasteiger partial charge >= 0.3 is 0 Å². The summed E-state index contributed by atoms with van der Waals surface area (Å²) in [4.78, 5) is 4.19. The molecule has 17 heavy (non-hydrogen) atoms. The summed E-state index contributed by atoms with van der Waals surface area (Å²) in [5.74, 6) is 0.821. The second-order valence-electron chi connectivity index (χ2n) is 4.11. The van der Waals surface area contributed by atoms with E-state index >= 15 is 0 Å². The summed E-state index contributed by atoms with van der Waals surface area (Å²) in [6.45, 7) is 6.59. The van der Waals surface area contributed by atoms with Crippen LogP contribution in [0, 0.1) is 6.92 Å². The Balaban J connectivity index is 2.16. The molecule has 0 saturated carbocycles. The molecule has 0 fully saturated rings. The monoisotopic (exact) mass is 238 g/mol. The quantitative estimate of drug-likeness (QED) is 0.701. The van der Waals surface area contributed by atoms with Crippen molar-refractivity contribution in [3.05, 3.63) is 24.0 Å². The van der Waals surface area contributed by atoms with Crippen LogP contribution in [-0.4, -0.2) is 37.9 Å². The van der Waals surface area contributed by atoms with Crippen molar-refractivity contribution in [2.24, 2.45) is 0 Å². The van der Waals surface area contributed by atoms with E-state index in [4.69, 9.17) is 9.47 Å². The average Bonchev–Trinajstić information content (AvgIpc) is 2.32. The molecule has 0 aliphatic rings. The van der Waals surface area contributed by atoms with E-state index in [9.17, 15) is 0 Å². The van der Waals surface area contributed by atoms with Crippen LogP contribution in [0.1, 0.15) is 19.0 Å². The first-order valence-corrected chi connectivity index (χ1v) is 6.01. The van der Waals surface area contributed by atoms with E-state index in [0.717, 1.165) is 37.6 Å². The lowest BCUT2D eigenvalue weighted by Crippen LogP contribution is -2.30. The zero-order valence-electron chi connectivity index (χ0n) is 10.9. The third-order valence-corrected chi connectivity index (χ3v) is 2.36. The Labute approximate surface area is 103 Å². The maximum absolute atomic E-state index is 5.72. The molecule has 0 saturated heterocycles. The summed E-state index contributed by atoms with van der Waals surface area (Å²) in [5, 5.41) is 3.33. The Kier molecular flexibility index (Phi) is 6.58. The van der Waals surface area contributed by atoms with Crippen LogP contribution in [0.4, 0.5) is 0 Å². The van der Waals surface area contributed by atoms with Crippen LogP contribution >= 0.6 is 0 Å². The fourth-order valence-electron chi connectivity index (χ4n) is 1.44. The SMILES string of the molecule is COCCCNCC(C)Oc1ccc(C)nc1. The van der Waals surface area contributed by atoms with E-state index in [0.29, 0.717) is 0 Å². The van der Waals surface area contributed by atoms with E-state index in [1.54, 1.807) is 13.3 Å². The Morgan fingerprint density at radius 2 is 2.24 bits per heavy atom. The summed E-state index contributed by atoms with van der Waals surface area (Å²) in [5.41, 5.74) is 1.00. The van der Waals surface area contributed by atoms with Crippen molar-refractivity contribution in [3.8, 4) is 5.75 Å². The Morgan fingerprint density at radius 1 is 1.41 bits per heavy atom. The fourth-order valence-corrected chi connectivity index (χ4v) is 1.44. The number of hydrogen-bond donors (Lipinski definition) is 1. The number of nitrogens with zero attached hydrogens (tertiary/aromatic N) is 1. The van der Waals surface area contributed by atoms with Gasteiger partial charge < -0.3 is 14.8 Å². The molecule has 1 N–H and O–H groups in total. The lowest BCUT2D eigenvalue weighted by Gasteiger charge is -2.15. The highest BCUT2D eigenvalue weighted by molar-refractivity contribution is 5.19. The summed E-state index contributed by atoms with van der Waals surface area (Å²) in [6.07, 6.45) is 2.92. The van der Waals surface area contributed by atoms with Crippen molar-refractivity contribution >= 4 is 0 Å². The largest absolute Gasteiger partial charge is 0.488 e. The normalized spacial score (nSPS) is 12.4. The van der Waals surface area contributed by atoms with Crippen molar-refractivity contribution in [2.45, 2.75) is 26.4 Å². The molecule has 0 aromatic carbocycles. The van der Waals surface area contributed by atoms with Gasteiger partial charge in [-0.2, -0.15) is 0 Å². The van der Waals surface area contributed by atoms with Gasteiger partial charge in [-0.15, -0.1) is 0 Å². The van der Waals surface area contributed by atoms with Gasteiger partial charge in [0.1, 0.15) is 11.9 Å². The molecule has 1 unspecified atom stereocenters. The molecule has 0 bridgehead atoms. The standard InChI is InChI=1S/C13H22N2O2/c1-11-5-6-13(10-15-11)17-12(2)9-14-7-4-8-16-3/h5-6,10,12,14H,4,7-9H2,1-3H3. The molecule has 1 aromatic rings. The summed E-state index contributed by atoms with van der Waals surface area (Å²) < 4.78 is 10.7. The molecule has 4 nitrogen and oxygen atoms in total. The fraction of sp³-hybridized carbons (Fsp3) is 0.615. The van der Waals surface area contributed by atoms with Crippen LogP contribution in [0.5, 0.6) is 5.75 Å². The first-order valence-electron chi connectivity index (χ1n) is 6.01. The number of rotatable bonds is 8. The second-order valence-corrected chi connectivity index (χ2v) is 4.11. The summed E-state index contributed by atoms with van der Waals surface area (Å²) in [7, 11) is 1.72. The van der Waals surface area contributed by atoms with E-state index < -0.39 is 0 Å². The van der Waals surface area contributed by atoms with Gasteiger partial charge in [-0.25, -0.2) is 0 Å². The van der Waals surface area contributed by atoms with Gasteiger partial charge in [-0.1, -0.05) is 0 Å². The maximum atomic E-state index is 5.72. The van der Waals surface area contributed by atoms with Gasteiger partial charge in [0.15, 0.2) is 0 Å². The van der Waals surface area contributed by atoms with Crippen LogP contribution in [0.3, 0.4) is 0 Å². The van der Waals surface area contributed by atoms with Crippen molar-refractivity contribution in [1.29, 1.82) is 0 Å². The molecule has 0 aliphatic carbocycles. The van der Waals surface area contributed by atoms with Crippen LogP contribution in [0.25, 0.3) is 0 Å². The second kappa shape index (κ2) is 8.03. The molecular formula is C13H22N2O2. The molecule has 1 atom stereocenters. The Hall–Kier alpha value is -1.13. The highest BCUT2D eigenvalue weighted by atomic mass is 16.5.